The Morgan fingerprint density at radius 2 is 1.33 bits per heavy atom. The van der Waals surface area contributed by atoms with Crippen LogP contribution in [-0.2, 0) is 8.85 Å². The zero-order valence-corrected chi connectivity index (χ0v) is 11.7. The van der Waals surface area contributed by atoms with Gasteiger partial charge < -0.3 is 8.85 Å². The van der Waals surface area contributed by atoms with Gasteiger partial charge in [-0.25, -0.2) is 0 Å². The topological polar surface area (TPSA) is 18.5 Å². The molecule has 90 valence electrons. The van der Waals surface area contributed by atoms with Gasteiger partial charge in [0.25, 0.3) is 0 Å². The van der Waals surface area contributed by atoms with Crippen LogP contribution in [0, 0.1) is 11.8 Å². The second-order valence-electron chi connectivity index (χ2n) is 4.82. The highest BCUT2D eigenvalue weighted by atomic mass is 28.4. The summed E-state index contributed by atoms with van der Waals surface area (Å²) in [5, 5.41) is 0. The van der Waals surface area contributed by atoms with Gasteiger partial charge in [0, 0.05) is 14.2 Å². The first-order valence-corrected chi connectivity index (χ1v) is 8.54. The molecule has 1 heterocycles. The molecular formula is C12H26O2Si. The normalized spacial score (nSPS) is 29.6. The molecule has 0 aliphatic carbocycles. The van der Waals surface area contributed by atoms with Crippen LogP contribution in [0.3, 0.4) is 0 Å². The minimum atomic E-state index is -1.78. The van der Waals surface area contributed by atoms with Crippen LogP contribution in [0.15, 0.2) is 0 Å². The summed E-state index contributed by atoms with van der Waals surface area (Å²) in [4.78, 5) is 0. The number of hydrogen-bond donors (Lipinski definition) is 0. The van der Waals surface area contributed by atoms with Crippen LogP contribution in [0.25, 0.3) is 0 Å². The predicted molar refractivity (Wildman–Crippen MR) is 66.2 cm³/mol. The van der Waals surface area contributed by atoms with E-state index in [-0.39, 0.29) is 0 Å². The van der Waals surface area contributed by atoms with Crippen molar-refractivity contribution in [1.29, 1.82) is 0 Å². The van der Waals surface area contributed by atoms with Crippen LogP contribution in [-0.4, -0.2) is 22.8 Å². The summed E-state index contributed by atoms with van der Waals surface area (Å²) < 4.78 is 11.4. The van der Waals surface area contributed by atoms with E-state index >= 15 is 0 Å². The third-order valence-corrected chi connectivity index (χ3v) is 7.66. The van der Waals surface area contributed by atoms with E-state index < -0.39 is 8.56 Å². The third kappa shape index (κ3) is 3.05. The van der Waals surface area contributed by atoms with Crippen molar-refractivity contribution < 1.29 is 8.85 Å². The molecule has 0 saturated carbocycles. The highest BCUT2D eigenvalue weighted by molar-refractivity contribution is 6.68. The molecule has 1 aliphatic rings. The van der Waals surface area contributed by atoms with E-state index in [0.717, 1.165) is 11.8 Å². The molecule has 0 aromatic carbocycles. The highest BCUT2D eigenvalue weighted by Gasteiger charge is 2.48. The minimum absolute atomic E-state index is 0.863. The second-order valence-corrected chi connectivity index (χ2v) is 8.28. The Balaban J connectivity index is 2.62. The van der Waals surface area contributed by atoms with Crippen LogP contribution >= 0.6 is 0 Å². The van der Waals surface area contributed by atoms with Crippen molar-refractivity contribution in [1.82, 2.24) is 0 Å². The summed E-state index contributed by atoms with van der Waals surface area (Å²) >= 11 is 0. The van der Waals surface area contributed by atoms with E-state index in [1.54, 1.807) is 0 Å². The average Bonchev–Trinajstić information content (AvgIpc) is 2.59. The van der Waals surface area contributed by atoms with Crippen LogP contribution in [0.4, 0.5) is 0 Å². The van der Waals surface area contributed by atoms with E-state index in [0.29, 0.717) is 0 Å². The van der Waals surface area contributed by atoms with Crippen LogP contribution < -0.4 is 0 Å². The summed E-state index contributed by atoms with van der Waals surface area (Å²) in [5.74, 6) is 1.73. The Morgan fingerprint density at radius 1 is 0.933 bits per heavy atom. The second kappa shape index (κ2) is 6.02. The molecule has 3 heteroatoms. The Hall–Kier alpha value is 0.137. The van der Waals surface area contributed by atoms with Gasteiger partial charge in [-0.1, -0.05) is 39.5 Å². The maximum Gasteiger partial charge on any atom is 0.338 e. The minimum Gasteiger partial charge on any atom is -0.398 e. The quantitative estimate of drug-likeness (QED) is 0.650. The lowest BCUT2D eigenvalue weighted by atomic mass is 9.89. The van der Waals surface area contributed by atoms with E-state index in [1.165, 1.54) is 37.8 Å². The molecule has 1 saturated heterocycles. The number of rotatable bonds is 6. The van der Waals surface area contributed by atoms with Crippen molar-refractivity contribution in [2.75, 3.05) is 14.2 Å². The van der Waals surface area contributed by atoms with Crippen molar-refractivity contribution in [2.24, 2.45) is 11.8 Å². The van der Waals surface area contributed by atoms with Gasteiger partial charge >= 0.3 is 8.56 Å². The van der Waals surface area contributed by atoms with Crippen LogP contribution in [0.5, 0.6) is 0 Å². The van der Waals surface area contributed by atoms with Crippen LogP contribution in [0.2, 0.25) is 12.1 Å². The molecule has 1 rings (SSSR count). The fourth-order valence-electron chi connectivity index (χ4n) is 3.05. The van der Waals surface area contributed by atoms with Gasteiger partial charge in [0.1, 0.15) is 0 Å². The van der Waals surface area contributed by atoms with Crippen LogP contribution in [0.1, 0.15) is 39.5 Å². The molecule has 15 heavy (non-hydrogen) atoms. The molecule has 0 radical (unpaired) electrons. The largest absolute Gasteiger partial charge is 0.398 e. The molecule has 0 amide bonds. The maximum atomic E-state index is 5.72. The van der Waals surface area contributed by atoms with E-state index in [4.69, 9.17) is 8.85 Å². The van der Waals surface area contributed by atoms with Crippen molar-refractivity contribution in [3.05, 3.63) is 0 Å². The third-order valence-electron chi connectivity index (χ3n) is 3.88. The first kappa shape index (κ1) is 13.2. The SMILES string of the molecule is CCCC1C[Si](OC)(OC)CC1CCC. The zero-order valence-electron chi connectivity index (χ0n) is 10.7. The van der Waals surface area contributed by atoms with E-state index in [2.05, 4.69) is 13.8 Å². The molecule has 2 unspecified atom stereocenters. The Kier molecular flexibility index (Phi) is 5.30. The molecule has 2 atom stereocenters. The molecule has 1 aliphatic heterocycles. The smallest absolute Gasteiger partial charge is 0.338 e. The monoisotopic (exact) mass is 230 g/mol. The lowest BCUT2D eigenvalue weighted by Gasteiger charge is -2.22. The molecule has 0 aromatic heterocycles. The molecule has 0 spiro atoms. The summed E-state index contributed by atoms with van der Waals surface area (Å²) in [7, 11) is 1.90. The van der Waals surface area contributed by atoms with E-state index in [1.807, 2.05) is 14.2 Å². The standard InChI is InChI=1S/C12H26O2Si/c1-5-7-11-9-15(13-3,14-4)10-12(11)8-6-2/h11-12H,5-10H2,1-4H3. The van der Waals surface area contributed by atoms with Crippen molar-refractivity contribution in [3.63, 3.8) is 0 Å². The van der Waals surface area contributed by atoms with Gasteiger partial charge in [0.2, 0.25) is 0 Å². The molecule has 1 fully saturated rings. The van der Waals surface area contributed by atoms with Gasteiger partial charge in [-0.2, -0.15) is 0 Å². The number of hydrogen-bond acceptors (Lipinski definition) is 2. The lowest BCUT2D eigenvalue weighted by molar-refractivity contribution is 0.246. The molecular weight excluding hydrogens is 204 g/mol. The van der Waals surface area contributed by atoms with Crippen molar-refractivity contribution in [3.8, 4) is 0 Å². The van der Waals surface area contributed by atoms with Gasteiger partial charge in [-0.05, 0) is 23.9 Å². The molecule has 0 bridgehead atoms. The van der Waals surface area contributed by atoms with Gasteiger partial charge in [-0.3, -0.25) is 0 Å². The predicted octanol–water partition coefficient (Wildman–Crippen LogP) is 3.57. The highest BCUT2D eigenvalue weighted by Crippen LogP contribution is 2.44. The Morgan fingerprint density at radius 3 is 1.60 bits per heavy atom. The summed E-state index contributed by atoms with van der Waals surface area (Å²) in [6.45, 7) is 4.56. The van der Waals surface area contributed by atoms with E-state index in [9.17, 15) is 0 Å². The Labute approximate surface area is 95.6 Å². The van der Waals surface area contributed by atoms with Gasteiger partial charge in [-0.15, -0.1) is 0 Å². The van der Waals surface area contributed by atoms with Gasteiger partial charge in [0.15, 0.2) is 0 Å². The van der Waals surface area contributed by atoms with Crippen molar-refractivity contribution >= 4 is 8.56 Å². The fourth-order valence-corrected chi connectivity index (χ4v) is 6.72. The first-order valence-electron chi connectivity index (χ1n) is 6.31. The zero-order chi connectivity index (χ0) is 11.3. The lowest BCUT2D eigenvalue weighted by Crippen LogP contribution is -2.36. The summed E-state index contributed by atoms with van der Waals surface area (Å²) in [5.41, 5.74) is 0. The average molecular weight is 230 g/mol. The molecule has 0 aromatic rings. The Bertz CT molecular complexity index is 164. The molecule has 0 N–H and O–H groups in total. The van der Waals surface area contributed by atoms with Gasteiger partial charge in [0.05, 0.1) is 0 Å². The summed E-state index contributed by atoms with van der Waals surface area (Å²) in [6.07, 6.45) is 5.30. The van der Waals surface area contributed by atoms with Crippen molar-refractivity contribution in [2.45, 2.75) is 51.6 Å². The summed E-state index contributed by atoms with van der Waals surface area (Å²) in [6, 6.07) is 2.44. The molecule has 2 nitrogen and oxygen atoms in total. The first-order chi connectivity index (χ1) is 7.21. The fraction of sp³-hybridized carbons (Fsp3) is 1.00. The maximum absolute atomic E-state index is 5.72.